The van der Waals surface area contributed by atoms with Gasteiger partial charge in [0.15, 0.2) is 11.5 Å². The molecular weight excluding hydrogens is 334 g/mol. The molecule has 0 aliphatic carbocycles. The number of fused-ring (bicyclic) bond motifs is 4. The number of benzene rings is 2. The molecule has 2 unspecified atom stereocenters. The Labute approximate surface area is 148 Å². The number of phenolic OH excluding ortho intramolecular Hbond substituents is 1. The Hall–Kier alpha value is -3.35. The van der Waals surface area contributed by atoms with Gasteiger partial charge in [-0.15, -0.1) is 0 Å². The predicted molar refractivity (Wildman–Crippen MR) is 94.1 cm³/mol. The van der Waals surface area contributed by atoms with Crippen LogP contribution in [0, 0.1) is 5.92 Å². The first-order chi connectivity index (χ1) is 12.7. The van der Waals surface area contributed by atoms with Crippen LogP contribution in [-0.4, -0.2) is 40.7 Å². The molecule has 2 aliphatic heterocycles. The molecule has 1 fully saturated rings. The normalized spacial score (nSPS) is 21.1. The van der Waals surface area contributed by atoms with Crippen LogP contribution in [0.1, 0.15) is 17.0 Å². The quantitative estimate of drug-likeness (QED) is 0.693. The highest BCUT2D eigenvalue weighted by atomic mass is 16.5. The number of nitrogens with zero attached hydrogens (tertiary/aromatic N) is 2. The number of aliphatic imine (C=N–C) groups is 1. The molecule has 7 nitrogen and oxygen atoms in total. The summed E-state index contributed by atoms with van der Waals surface area (Å²) in [6, 6.07) is 9.02. The van der Waals surface area contributed by atoms with Crippen molar-refractivity contribution in [1.82, 2.24) is 10.2 Å². The second-order valence-electron chi connectivity index (χ2n) is 6.43. The first-order valence-corrected chi connectivity index (χ1v) is 8.24. The molecule has 0 saturated carbocycles. The summed E-state index contributed by atoms with van der Waals surface area (Å²) < 4.78 is 10.5. The Morgan fingerprint density at radius 3 is 3.00 bits per heavy atom. The minimum absolute atomic E-state index is 0.0509. The smallest absolute Gasteiger partial charge is 0.316 e. The van der Waals surface area contributed by atoms with Crippen LogP contribution in [-0.2, 0) is 9.53 Å². The minimum Gasteiger partial charge on any atom is -0.504 e. The van der Waals surface area contributed by atoms with E-state index >= 15 is 0 Å². The standard InChI is InChI=1S/C19H15N3O4/c1-25-14-6-9(3-5-13(14)23)15-16-11(4-2-10-7-20-22-18(10)16)21-12-8-26-19(24)17(12)15/h2-7,15,17,23H,8H2,1H3,(H,20,22). The number of rotatable bonds is 2. The number of hydrogen-bond donors (Lipinski definition) is 2. The lowest BCUT2D eigenvalue weighted by Crippen LogP contribution is -2.28. The number of aromatic amines is 1. The van der Waals surface area contributed by atoms with Gasteiger partial charge in [-0.2, -0.15) is 5.10 Å². The molecule has 1 saturated heterocycles. The molecule has 0 amide bonds. The van der Waals surface area contributed by atoms with Crippen molar-refractivity contribution in [3.8, 4) is 11.5 Å². The molecule has 2 aromatic carbocycles. The molecule has 2 atom stereocenters. The van der Waals surface area contributed by atoms with E-state index in [1.807, 2.05) is 12.1 Å². The van der Waals surface area contributed by atoms with Crippen molar-refractivity contribution in [2.24, 2.45) is 10.9 Å². The summed E-state index contributed by atoms with van der Waals surface area (Å²) in [4.78, 5) is 17.2. The first kappa shape index (κ1) is 14.9. The molecule has 26 heavy (non-hydrogen) atoms. The number of methoxy groups -OCH3 is 1. The summed E-state index contributed by atoms with van der Waals surface area (Å²) in [7, 11) is 1.50. The highest BCUT2D eigenvalue weighted by Gasteiger charge is 2.45. The minimum atomic E-state index is -0.495. The fraction of sp³-hybridized carbons (Fsp3) is 0.211. The Morgan fingerprint density at radius 2 is 2.15 bits per heavy atom. The van der Waals surface area contributed by atoms with E-state index in [2.05, 4.69) is 15.2 Å². The van der Waals surface area contributed by atoms with Crippen molar-refractivity contribution < 1.29 is 19.4 Å². The van der Waals surface area contributed by atoms with E-state index in [-0.39, 0.29) is 24.2 Å². The van der Waals surface area contributed by atoms with E-state index in [1.165, 1.54) is 7.11 Å². The molecule has 130 valence electrons. The van der Waals surface area contributed by atoms with Crippen LogP contribution in [0.5, 0.6) is 11.5 Å². The zero-order valence-electron chi connectivity index (χ0n) is 13.9. The number of aromatic hydroxyl groups is 1. The molecule has 2 aliphatic rings. The maximum absolute atomic E-state index is 12.5. The summed E-state index contributed by atoms with van der Waals surface area (Å²) in [5.41, 5.74) is 4.11. The van der Waals surface area contributed by atoms with Gasteiger partial charge in [0.25, 0.3) is 0 Å². The molecule has 2 N–H and O–H groups in total. The van der Waals surface area contributed by atoms with Gasteiger partial charge >= 0.3 is 5.97 Å². The third kappa shape index (κ3) is 1.97. The van der Waals surface area contributed by atoms with Crippen molar-refractivity contribution in [3.63, 3.8) is 0 Å². The molecule has 0 spiro atoms. The highest BCUT2D eigenvalue weighted by Crippen LogP contribution is 2.48. The lowest BCUT2D eigenvalue weighted by Gasteiger charge is -2.28. The molecule has 0 bridgehead atoms. The van der Waals surface area contributed by atoms with E-state index in [9.17, 15) is 9.90 Å². The predicted octanol–water partition coefficient (Wildman–Crippen LogP) is 2.67. The number of phenols is 1. The number of carbonyl (C=O) groups is 1. The number of H-pyrrole nitrogens is 1. The van der Waals surface area contributed by atoms with Gasteiger partial charge < -0.3 is 14.6 Å². The van der Waals surface area contributed by atoms with E-state index in [1.54, 1.807) is 24.4 Å². The molecule has 3 heterocycles. The molecule has 7 heteroatoms. The Kier molecular flexibility index (Phi) is 3.06. The van der Waals surface area contributed by atoms with Gasteiger partial charge in [-0.05, 0) is 29.8 Å². The summed E-state index contributed by atoms with van der Waals surface area (Å²) in [5, 5.41) is 18.1. The maximum atomic E-state index is 12.5. The summed E-state index contributed by atoms with van der Waals surface area (Å²) in [6.45, 7) is 0.204. The zero-order chi connectivity index (χ0) is 17.8. The van der Waals surface area contributed by atoms with Crippen molar-refractivity contribution >= 4 is 28.3 Å². The lowest BCUT2D eigenvalue weighted by atomic mass is 9.76. The van der Waals surface area contributed by atoms with Gasteiger partial charge in [-0.3, -0.25) is 14.9 Å². The third-order valence-corrected chi connectivity index (χ3v) is 5.08. The van der Waals surface area contributed by atoms with E-state index in [0.717, 1.165) is 33.4 Å². The number of ether oxygens (including phenoxy) is 2. The summed E-state index contributed by atoms with van der Waals surface area (Å²) in [5.74, 6) is -0.675. The van der Waals surface area contributed by atoms with Gasteiger partial charge in [0.1, 0.15) is 12.5 Å². The van der Waals surface area contributed by atoms with Gasteiger partial charge in [-0.25, -0.2) is 0 Å². The Balaban J connectivity index is 1.81. The average molecular weight is 349 g/mol. The second-order valence-corrected chi connectivity index (χ2v) is 6.43. The topological polar surface area (TPSA) is 96.8 Å². The van der Waals surface area contributed by atoms with Gasteiger partial charge in [0.2, 0.25) is 0 Å². The van der Waals surface area contributed by atoms with E-state index in [4.69, 9.17) is 9.47 Å². The first-order valence-electron chi connectivity index (χ1n) is 8.24. The molecular formula is C19H15N3O4. The van der Waals surface area contributed by atoms with Crippen LogP contribution in [0.3, 0.4) is 0 Å². The number of aromatic nitrogens is 2. The fourth-order valence-corrected chi connectivity index (χ4v) is 3.90. The van der Waals surface area contributed by atoms with E-state index in [0.29, 0.717) is 5.75 Å². The average Bonchev–Trinajstić information content (AvgIpc) is 3.27. The lowest BCUT2D eigenvalue weighted by molar-refractivity contribution is -0.141. The molecule has 5 rings (SSSR count). The highest BCUT2D eigenvalue weighted by molar-refractivity contribution is 6.12. The number of hydrogen-bond acceptors (Lipinski definition) is 6. The van der Waals surface area contributed by atoms with Crippen molar-refractivity contribution in [3.05, 3.63) is 47.7 Å². The summed E-state index contributed by atoms with van der Waals surface area (Å²) >= 11 is 0. The number of cyclic esters (lactones) is 1. The maximum Gasteiger partial charge on any atom is 0.316 e. The number of carbonyl (C=O) groups excluding carboxylic acids is 1. The second kappa shape index (κ2) is 5.32. The van der Waals surface area contributed by atoms with Crippen molar-refractivity contribution in [2.75, 3.05) is 13.7 Å². The Bertz CT molecular complexity index is 1090. The van der Waals surface area contributed by atoms with Crippen LogP contribution in [0.15, 0.2) is 41.5 Å². The SMILES string of the molecule is COc1cc(C2c3c(ccc4cn[nH]c34)N=C3COC(=O)C32)ccc1O. The zero-order valence-corrected chi connectivity index (χ0v) is 13.9. The number of nitrogens with one attached hydrogen (secondary N) is 1. The fourth-order valence-electron chi connectivity index (χ4n) is 3.90. The van der Waals surface area contributed by atoms with Crippen LogP contribution in [0.2, 0.25) is 0 Å². The van der Waals surface area contributed by atoms with Crippen LogP contribution in [0.4, 0.5) is 5.69 Å². The van der Waals surface area contributed by atoms with E-state index < -0.39 is 5.92 Å². The van der Waals surface area contributed by atoms with Crippen LogP contribution >= 0.6 is 0 Å². The van der Waals surface area contributed by atoms with Gasteiger partial charge in [0, 0.05) is 16.9 Å². The van der Waals surface area contributed by atoms with Crippen molar-refractivity contribution in [1.29, 1.82) is 0 Å². The molecule has 0 radical (unpaired) electrons. The van der Waals surface area contributed by atoms with Crippen molar-refractivity contribution in [2.45, 2.75) is 5.92 Å². The molecule has 3 aromatic rings. The number of esters is 1. The van der Waals surface area contributed by atoms with Crippen LogP contribution < -0.4 is 4.74 Å². The van der Waals surface area contributed by atoms with Crippen LogP contribution in [0.25, 0.3) is 10.9 Å². The largest absolute Gasteiger partial charge is 0.504 e. The van der Waals surface area contributed by atoms with Gasteiger partial charge in [-0.1, -0.05) is 6.07 Å². The third-order valence-electron chi connectivity index (χ3n) is 5.08. The summed E-state index contributed by atoms with van der Waals surface area (Å²) in [6.07, 6.45) is 1.75. The van der Waals surface area contributed by atoms with Gasteiger partial charge in [0.05, 0.1) is 30.2 Å². The monoisotopic (exact) mass is 349 g/mol. The Morgan fingerprint density at radius 1 is 1.27 bits per heavy atom. The molecule has 1 aromatic heterocycles.